The number of nitrogens with one attached hydrogen (secondary N) is 1. The fourth-order valence-corrected chi connectivity index (χ4v) is 4.42. The summed E-state index contributed by atoms with van der Waals surface area (Å²) in [7, 11) is 0. The molecule has 5 rings (SSSR count). The summed E-state index contributed by atoms with van der Waals surface area (Å²) in [6, 6.07) is 9.87. The molecule has 1 aliphatic carbocycles. The Balaban J connectivity index is 1.43. The Morgan fingerprint density at radius 3 is 2.66 bits per heavy atom. The number of ether oxygens (including phenoxy) is 1. The number of hydrogen-bond donors (Lipinski definition) is 1. The molecule has 1 saturated carbocycles. The molecule has 0 unspecified atom stereocenters. The van der Waals surface area contributed by atoms with Crippen LogP contribution >= 0.6 is 0 Å². The van der Waals surface area contributed by atoms with E-state index in [9.17, 15) is 9.18 Å². The maximum absolute atomic E-state index is 13.0. The Labute approximate surface area is 168 Å². The lowest BCUT2D eigenvalue weighted by molar-refractivity contribution is 0.0924. The zero-order chi connectivity index (χ0) is 20.0. The van der Waals surface area contributed by atoms with Crippen LogP contribution in [0.2, 0.25) is 0 Å². The molecular formula is C24H22FNO3. The summed E-state index contributed by atoms with van der Waals surface area (Å²) in [5, 5.41) is 3.77. The van der Waals surface area contributed by atoms with Crippen LogP contribution in [-0.2, 0) is 6.54 Å². The van der Waals surface area contributed by atoms with Gasteiger partial charge in [-0.1, -0.05) is 18.2 Å². The van der Waals surface area contributed by atoms with E-state index in [2.05, 4.69) is 17.5 Å². The van der Waals surface area contributed by atoms with Gasteiger partial charge in [0.1, 0.15) is 22.8 Å². The molecule has 5 heteroatoms. The van der Waals surface area contributed by atoms with Gasteiger partial charge < -0.3 is 14.5 Å². The van der Waals surface area contributed by atoms with E-state index in [0.717, 1.165) is 40.7 Å². The minimum absolute atomic E-state index is 0.173. The number of carbonyl (C=O) groups is 1. The average molecular weight is 391 g/mol. The van der Waals surface area contributed by atoms with Crippen molar-refractivity contribution >= 4 is 23.0 Å². The minimum Gasteiger partial charge on any atom is -0.483 e. The molecule has 3 aromatic rings. The van der Waals surface area contributed by atoms with Crippen LogP contribution in [-0.4, -0.2) is 11.5 Å². The summed E-state index contributed by atoms with van der Waals surface area (Å²) in [5.74, 6) is 0.562. The van der Waals surface area contributed by atoms with Crippen molar-refractivity contribution in [2.75, 3.05) is 0 Å². The molecule has 0 saturated heterocycles. The predicted molar refractivity (Wildman–Crippen MR) is 109 cm³/mol. The Morgan fingerprint density at radius 1 is 1.14 bits per heavy atom. The van der Waals surface area contributed by atoms with Crippen molar-refractivity contribution in [2.45, 2.75) is 44.8 Å². The van der Waals surface area contributed by atoms with Crippen molar-refractivity contribution in [3.8, 4) is 5.75 Å². The lowest BCUT2D eigenvalue weighted by atomic mass is 9.94. The standard InChI is InChI=1S/C24H22FNO3/c1-15-21-18-10-13-24(11-2-3-12-24)29-19(18)8-9-20(21)28-22(15)23(27)26-14-16-4-6-17(25)7-5-16/h4-10,13H,2-3,11-12,14H2,1H3,(H,26,27). The quantitative estimate of drug-likeness (QED) is 0.639. The van der Waals surface area contributed by atoms with Crippen molar-refractivity contribution < 1.29 is 18.3 Å². The molecule has 0 radical (unpaired) electrons. The number of carbonyl (C=O) groups excluding carboxylic acids is 1. The molecule has 1 aliphatic heterocycles. The lowest BCUT2D eigenvalue weighted by Gasteiger charge is -2.31. The summed E-state index contributed by atoms with van der Waals surface area (Å²) in [4.78, 5) is 12.7. The van der Waals surface area contributed by atoms with Gasteiger partial charge in [-0.2, -0.15) is 0 Å². The number of furan rings is 1. The van der Waals surface area contributed by atoms with Crippen molar-refractivity contribution in [3.05, 3.63) is 70.7 Å². The first-order valence-corrected chi connectivity index (χ1v) is 10.0. The number of hydrogen-bond acceptors (Lipinski definition) is 3. The molecule has 148 valence electrons. The summed E-state index contributed by atoms with van der Waals surface area (Å²) >= 11 is 0. The van der Waals surface area contributed by atoms with E-state index in [1.807, 2.05) is 19.1 Å². The molecule has 1 aromatic heterocycles. The second-order valence-electron chi connectivity index (χ2n) is 7.92. The van der Waals surface area contributed by atoms with Crippen LogP contribution in [0.15, 0.2) is 46.9 Å². The SMILES string of the molecule is Cc1c(C(=O)NCc2ccc(F)cc2)oc2ccc3c(c12)C=CC1(CCCC1)O3. The first-order valence-electron chi connectivity index (χ1n) is 10.0. The highest BCUT2D eigenvalue weighted by molar-refractivity contribution is 6.02. The molecule has 1 N–H and O–H groups in total. The van der Waals surface area contributed by atoms with Crippen molar-refractivity contribution in [2.24, 2.45) is 0 Å². The molecule has 2 aromatic carbocycles. The summed E-state index contributed by atoms with van der Waals surface area (Å²) in [6.45, 7) is 2.20. The van der Waals surface area contributed by atoms with Crippen LogP contribution in [0.1, 0.15) is 52.9 Å². The zero-order valence-corrected chi connectivity index (χ0v) is 16.3. The number of aryl methyl sites for hydroxylation is 1. The lowest BCUT2D eigenvalue weighted by Crippen LogP contribution is -2.31. The Kier molecular flexibility index (Phi) is 4.19. The highest BCUT2D eigenvalue weighted by Crippen LogP contribution is 2.44. The number of amides is 1. The number of fused-ring (bicyclic) bond motifs is 3. The van der Waals surface area contributed by atoms with Crippen LogP contribution in [0, 0.1) is 12.7 Å². The highest BCUT2D eigenvalue weighted by Gasteiger charge is 2.36. The molecule has 1 amide bonds. The van der Waals surface area contributed by atoms with E-state index in [4.69, 9.17) is 9.15 Å². The van der Waals surface area contributed by atoms with E-state index >= 15 is 0 Å². The maximum atomic E-state index is 13.0. The largest absolute Gasteiger partial charge is 0.483 e. The molecule has 29 heavy (non-hydrogen) atoms. The van der Waals surface area contributed by atoms with Gasteiger partial charge in [-0.3, -0.25) is 4.79 Å². The van der Waals surface area contributed by atoms with Gasteiger partial charge in [-0.15, -0.1) is 0 Å². The second kappa shape index (κ2) is 6.76. The fraction of sp³-hybridized carbons (Fsp3) is 0.292. The minimum atomic E-state index is -0.298. The second-order valence-corrected chi connectivity index (χ2v) is 7.92. The van der Waals surface area contributed by atoms with E-state index in [1.54, 1.807) is 12.1 Å². The zero-order valence-electron chi connectivity index (χ0n) is 16.3. The van der Waals surface area contributed by atoms with Crippen LogP contribution in [0.25, 0.3) is 17.0 Å². The highest BCUT2D eigenvalue weighted by atomic mass is 19.1. The average Bonchev–Trinajstić information content (AvgIpc) is 3.32. The number of rotatable bonds is 3. The first kappa shape index (κ1) is 18.0. The first-order chi connectivity index (χ1) is 14.0. The molecule has 4 nitrogen and oxygen atoms in total. The molecule has 1 fully saturated rings. The summed E-state index contributed by atoms with van der Waals surface area (Å²) in [5.41, 5.74) is 3.09. The number of benzene rings is 2. The maximum Gasteiger partial charge on any atom is 0.287 e. The molecule has 2 aliphatic rings. The van der Waals surface area contributed by atoms with Gasteiger partial charge in [-0.25, -0.2) is 4.39 Å². The summed E-state index contributed by atoms with van der Waals surface area (Å²) in [6.07, 6.45) is 8.75. The van der Waals surface area contributed by atoms with Gasteiger partial charge in [0.15, 0.2) is 5.76 Å². The van der Waals surface area contributed by atoms with Gasteiger partial charge in [-0.05, 0) is 68.5 Å². The van der Waals surface area contributed by atoms with Crippen LogP contribution < -0.4 is 10.1 Å². The molecule has 0 bridgehead atoms. The molecule has 2 heterocycles. The predicted octanol–water partition coefficient (Wildman–Crippen LogP) is 5.53. The van der Waals surface area contributed by atoms with Crippen LogP contribution in [0.4, 0.5) is 4.39 Å². The van der Waals surface area contributed by atoms with Crippen molar-refractivity contribution in [1.82, 2.24) is 5.32 Å². The van der Waals surface area contributed by atoms with Gasteiger partial charge >= 0.3 is 0 Å². The van der Waals surface area contributed by atoms with Gasteiger partial charge in [0.05, 0.1) is 0 Å². The van der Waals surface area contributed by atoms with Crippen molar-refractivity contribution in [1.29, 1.82) is 0 Å². The van der Waals surface area contributed by atoms with E-state index in [1.165, 1.54) is 25.0 Å². The fourth-order valence-electron chi connectivity index (χ4n) is 4.42. The monoisotopic (exact) mass is 391 g/mol. The van der Waals surface area contributed by atoms with E-state index in [-0.39, 0.29) is 17.3 Å². The third kappa shape index (κ3) is 3.11. The summed E-state index contributed by atoms with van der Waals surface area (Å²) < 4.78 is 25.3. The molecular weight excluding hydrogens is 369 g/mol. The van der Waals surface area contributed by atoms with Crippen molar-refractivity contribution in [3.63, 3.8) is 0 Å². The third-order valence-corrected chi connectivity index (χ3v) is 5.98. The van der Waals surface area contributed by atoms with E-state index < -0.39 is 0 Å². The van der Waals surface area contributed by atoms with Crippen LogP contribution in [0.5, 0.6) is 5.75 Å². The normalized spacial score (nSPS) is 16.8. The Morgan fingerprint density at radius 2 is 1.90 bits per heavy atom. The van der Waals surface area contributed by atoms with Gasteiger partial charge in [0.2, 0.25) is 0 Å². The van der Waals surface area contributed by atoms with Crippen LogP contribution in [0.3, 0.4) is 0 Å². The smallest absolute Gasteiger partial charge is 0.287 e. The Bertz CT molecular complexity index is 1120. The topological polar surface area (TPSA) is 51.5 Å². The molecule has 0 atom stereocenters. The molecule has 1 spiro atoms. The third-order valence-electron chi connectivity index (χ3n) is 5.98. The van der Waals surface area contributed by atoms with Gasteiger partial charge in [0, 0.05) is 23.1 Å². The van der Waals surface area contributed by atoms with E-state index in [0.29, 0.717) is 17.9 Å². The van der Waals surface area contributed by atoms with Gasteiger partial charge in [0.25, 0.3) is 5.91 Å². The Hall–Kier alpha value is -3.08. The number of halogens is 1.